The number of ether oxygens (including phenoxy) is 1. The van der Waals surface area contributed by atoms with Crippen LogP contribution in [0.25, 0.3) is 0 Å². The van der Waals surface area contributed by atoms with Gasteiger partial charge in [0.05, 0.1) is 7.11 Å². The van der Waals surface area contributed by atoms with Crippen LogP contribution >= 0.6 is 0 Å². The molecule has 0 radical (unpaired) electrons. The summed E-state index contributed by atoms with van der Waals surface area (Å²) in [5.74, 6) is 0.630. The van der Waals surface area contributed by atoms with Crippen LogP contribution in [0, 0.1) is 0 Å². The van der Waals surface area contributed by atoms with Crippen molar-refractivity contribution in [2.75, 3.05) is 13.7 Å². The third-order valence-electron chi connectivity index (χ3n) is 3.06. The van der Waals surface area contributed by atoms with Gasteiger partial charge < -0.3 is 10.1 Å². The van der Waals surface area contributed by atoms with Gasteiger partial charge in [0, 0.05) is 23.9 Å². The van der Waals surface area contributed by atoms with Crippen molar-refractivity contribution < 1.29 is 4.74 Å². The highest BCUT2D eigenvalue weighted by molar-refractivity contribution is 5.25. The van der Waals surface area contributed by atoms with E-state index in [0.717, 1.165) is 25.1 Å². The Morgan fingerprint density at radius 2 is 2.00 bits per heavy atom. The van der Waals surface area contributed by atoms with E-state index in [9.17, 15) is 0 Å². The van der Waals surface area contributed by atoms with Gasteiger partial charge in [-0.05, 0) is 26.3 Å². The first-order chi connectivity index (χ1) is 8.51. The average molecular weight is 251 g/mol. The maximum atomic E-state index is 5.30. The normalized spacial score (nSPS) is 13.4. The topological polar surface area (TPSA) is 47.0 Å². The second-order valence-electron chi connectivity index (χ2n) is 5.36. The molecule has 102 valence electrons. The van der Waals surface area contributed by atoms with Crippen LogP contribution in [0.5, 0.6) is 5.88 Å². The molecule has 0 aliphatic heterocycles. The number of hydrogen-bond donors (Lipinski definition) is 1. The Morgan fingerprint density at radius 3 is 2.61 bits per heavy atom. The van der Waals surface area contributed by atoms with Crippen molar-refractivity contribution in [3.8, 4) is 5.88 Å². The molecule has 1 aromatic rings. The predicted molar refractivity (Wildman–Crippen MR) is 74.0 cm³/mol. The Hall–Kier alpha value is -1.16. The summed E-state index contributed by atoms with van der Waals surface area (Å²) in [6, 6.07) is 0.451. The number of rotatable bonds is 7. The summed E-state index contributed by atoms with van der Waals surface area (Å²) in [6.45, 7) is 9.80. The first-order valence-electron chi connectivity index (χ1n) is 6.60. The van der Waals surface area contributed by atoms with Gasteiger partial charge in [-0.2, -0.15) is 0 Å². The van der Waals surface area contributed by atoms with Crippen molar-refractivity contribution in [1.82, 2.24) is 15.3 Å². The highest BCUT2D eigenvalue weighted by Gasteiger charge is 2.28. The molecule has 1 N–H and O–H groups in total. The lowest BCUT2D eigenvalue weighted by Crippen LogP contribution is -2.34. The zero-order valence-electron chi connectivity index (χ0n) is 12.2. The summed E-state index contributed by atoms with van der Waals surface area (Å²) in [5.41, 5.74) is 0.873. The summed E-state index contributed by atoms with van der Waals surface area (Å²) in [5, 5.41) is 3.51. The molecule has 1 unspecified atom stereocenters. The number of nitrogens with one attached hydrogen (secondary N) is 1. The SMILES string of the molecule is CCCNC(C)CC(C)(C)c1nccnc1OC. The molecule has 0 amide bonds. The molecule has 0 saturated heterocycles. The number of nitrogens with zero attached hydrogens (tertiary/aromatic N) is 2. The maximum absolute atomic E-state index is 5.30. The summed E-state index contributed by atoms with van der Waals surface area (Å²) < 4.78 is 5.30. The lowest BCUT2D eigenvalue weighted by atomic mass is 9.82. The van der Waals surface area contributed by atoms with Crippen LogP contribution in [0.1, 0.15) is 46.2 Å². The molecular formula is C14H25N3O. The molecule has 1 rings (SSSR count). The van der Waals surface area contributed by atoms with Crippen molar-refractivity contribution >= 4 is 0 Å². The predicted octanol–water partition coefficient (Wildman–Crippen LogP) is 2.54. The number of hydrogen-bond acceptors (Lipinski definition) is 4. The van der Waals surface area contributed by atoms with Gasteiger partial charge in [0.1, 0.15) is 5.69 Å². The van der Waals surface area contributed by atoms with E-state index in [0.29, 0.717) is 11.9 Å². The smallest absolute Gasteiger partial charge is 0.235 e. The molecule has 0 aromatic carbocycles. The molecule has 0 fully saturated rings. The van der Waals surface area contributed by atoms with Crippen molar-refractivity contribution in [2.45, 2.75) is 52.0 Å². The Morgan fingerprint density at radius 1 is 1.33 bits per heavy atom. The fraction of sp³-hybridized carbons (Fsp3) is 0.714. The van der Waals surface area contributed by atoms with Gasteiger partial charge in [-0.25, -0.2) is 4.98 Å². The molecule has 0 aliphatic rings. The maximum Gasteiger partial charge on any atom is 0.235 e. The molecule has 18 heavy (non-hydrogen) atoms. The van der Waals surface area contributed by atoms with Crippen molar-refractivity contribution in [3.63, 3.8) is 0 Å². The quantitative estimate of drug-likeness (QED) is 0.809. The fourth-order valence-electron chi connectivity index (χ4n) is 2.26. The third kappa shape index (κ3) is 3.95. The Bertz CT molecular complexity index is 366. The van der Waals surface area contributed by atoms with E-state index in [1.807, 2.05) is 0 Å². The van der Waals surface area contributed by atoms with Crippen molar-refractivity contribution in [3.05, 3.63) is 18.1 Å². The molecule has 0 bridgehead atoms. The minimum absolute atomic E-state index is 0.0558. The summed E-state index contributed by atoms with van der Waals surface area (Å²) in [4.78, 5) is 8.67. The number of aromatic nitrogens is 2. The molecule has 0 aliphatic carbocycles. The number of methoxy groups -OCH3 is 1. The van der Waals surface area contributed by atoms with Crippen LogP contribution in [0.2, 0.25) is 0 Å². The lowest BCUT2D eigenvalue weighted by Gasteiger charge is -2.28. The van der Waals surface area contributed by atoms with Gasteiger partial charge in [0.2, 0.25) is 5.88 Å². The van der Waals surface area contributed by atoms with E-state index in [1.54, 1.807) is 19.5 Å². The van der Waals surface area contributed by atoms with Crippen molar-refractivity contribution in [2.24, 2.45) is 0 Å². The van der Waals surface area contributed by atoms with Crippen molar-refractivity contribution in [1.29, 1.82) is 0 Å². The molecule has 4 nitrogen and oxygen atoms in total. The Labute approximate surface area is 110 Å². The summed E-state index contributed by atoms with van der Waals surface area (Å²) >= 11 is 0. The van der Waals surface area contributed by atoms with Crippen LogP contribution in [0.3, 0.4) is 0 Å². The molecule has 0 saturated carbocycles. The molecule has 4 heteroatoms. The van der Waals surface area contributed by atoms with Crippen LogP contribution in [0.4, 0.5) is 0 Å². The van der Waals surface area contributed by atoms with E-state index < -0.39 is 0 Å². The summed E-state index contributed by atoms with van der Waals surface area (Å²) in [6.07, 6.45) is 5.54. The van der Waals surface area contributed by atoms with E-state index in [1.165, 1.54) is 0 Å². The van der Waals surface area contributed by atoms with E-state index in [-0.39, 0.29) is 5.41 Å². The second kappa shape index (κ2) is 6.69. The molecular weight excluding hydrogens is 226 g/mol. The highest BCUT2D eigenvalue weighted by Crippen LogP contribution is 2.31. The Balaban J connectivity index is 2.78. The van der Waals surface area contributed by atoms with Gasteiger partial charge in [-0.15, -0.1) is 0 Å². The lowest BCUT2D eigenvalue weighted by molar-refractivity contribution is 0.341. The van der Waals surface area contributed by atoms with Gasteiger partial charge in [0.25, 0.3) is 0 Å². The zero-order valence-corrected chi connectivity index (χ0v) is 12.2. The van der Waals surface area contributed by atoms with Crippen LogP contribution in [0.15, 0.2) is 12.4 Å². The highest BCUT2D eigenvalue weighted by atomic mass is 16.5. The fourth-order valence-corrected chi connectivity index (χ4v) is 2.26. The largest absolute Gasteiger partial charge is 0.480 e. The second-order valence-corrected chi connectivity index (χ2v) is 5.36. The van der Waals surface area contributed by atoms with Gasteiger partial charge in [0.15, 0.2) is 0 Å². The first kappa shape index (κ1) is 14.9. The van der Waals surface area contributed by atoms with Gasteiger partial charge in [-0.3, -0.25) is 4.98 Å². The van der Waals surface area contributed by atoms with E-state index in [4.69, 9.17) is 4.74 Å². The third-order valence-corrected chi connectivity index (χ3v) is 3.06. The van der Waals surface area contributed by atoms with E-state index >= 15 is 0 Å². The molecule has 1 atom stereocenters. The van der Waals surface area contributed by atoms with Gasteiger partial charge >= 0.3 is 0 Å². The average Bonchev–Trinajstić information content (AvgIpc) is 2.35. The van der Waals surface area contributed by atoms with Gasteiger partial charge in [-0.1, -0.05) is 20.8 Å². The first-order valence-corrected chi connectivity index (χ1v) is 6.60. The van der Waals surface area contributed by atoms with E-state index in [2.05, 4.69) is 43.0 Å². The van der Waals surface area contributed by atoms with Crippen LogP contribution in [-0.4, -0.2) is 29.7 Å². The zero-order chi connectivity index (χ0) is 13.6. The molecule has 0 spiro atoms. The minimum Gasteiger partial charge on any atom is -0.480 e. The molecule has 1 heterocycles. The molecule has 1 aromatic heterocycles. The minimum atomic E-state index is -0.0558. The summed E-state index contributed by atoms with van der Waals surface area (Å²) in [7, 11) is 1.64. The van der Waals surface area contributed by atoms with Crippen LogP contribution < -0.4 is 10.1 Å². The standard InChI is InChI=1S/C14H25N3O/c1-6-7-15-11(2)10-14(3,4)12-13(18-5)17-9-8-16-12/h8-9,11,15H,6-7,10H2,1-5H3. The Kier molecular flexibility index (Phi) is 5.54. The monoisotopic (exact) mass is 251 g/mol. The van der Waals surface area contributed by atoms with Crippen LogP contribution in [-0.2, 0) is 5.41 Å².